The molecule has 1 aromatic carbocycles. The van der Waals surface area contributed by atoms with Gasteiger partial charge in [0, 0.05) is 11.1 Å². The maximum absolute atomic E-state index is 11.8. The third-order valence-electron chi connectivity index (χ3n) is 3.18. The smallest absolute Gasteiger partial charge is 0.342 e. The maximum Gasteiger partial charge on any atom is 0.342 e. The quantitative estimate of drug-likeness (QED) is 0.606. The van der Waals surface area contributed by atoms with Crippen LogP contribution in [0.5, 0.6) is 11.5 Å². The highest BCUT2D eigenvalue weighted by atomic mass is 16.5. The lowest BCUT2D eigenvalue weighted by atomic mass is 9.95. The molecule has 0 saturated heterocycles. The highest BCUT2D eigenvalue weighted by Gasteiger charge is 2.32. The van der Waals surface area contributed by atoms with Crippen LogP contribution in [0.4, 0.5) is 0 Å². The Morgan fingerprint density at radius 3 is 2.56 bits per heavy atom. The van der Waals surface area contributed by atoms with Crippen LogP contribution in [0.25, 0.3) is 0 Å². The molecule has 0 amide bonds. The number of benzene rings is 1. The molecule has 1 heterocycles. The molecule has 0 spiro atoms. The molecule has 2 rings (SSSR count). The van der Waals surface area contributed by atoms with Gasteiger partial charge >= 0.3 is 5.97 Å². The Hall–Kier alpha value is -1.97. The van der Waals surface area contributed by atoms with Crippen molar-refractivity contribution in [2.75, 3.05) is 14.2 Å². The number of esters is 1. The number of allylic oxidation sites excluding steroid dienone is 1. The van der Waals surface area contributed by atoms with E-state index < -0.39 is 0 Å². The Morgan fingerprint density at radius 2 is 2.00 bits per heavy atom. The summed E-state index contributed by atoms with van der Waals surface area (Å²) in [7, 11) is 3.15. The van der Waals surface area contributed by atoms with Crippen molar-refractivity contribution in [1.29, 1.82) is 0 Å². The van der Waals surface area contributed by atoms with Gasteiger partial charge in [-0.1, -0.05) is 6.08 Å². The number of ether oxygens (including phenoxy) is 3. The van der Waals surface area contributed by atoms with E-state index in [1.54, 1.807) is 20.3 Å². The molecular formula is C14H16O4. The summed E-state index contributed by atoms with van der Waals surface area (Å²) in [5.74, 6) is 0.941. The topological polar surface area (TPSA) is 44.8 Å². The van der Waals surface area contributed by atoms with Crippen LogP contribution in [0.2, 0.25) is 0 Å². The Balaban J connectivity index is 2.79. The number of carbonyl (C=O) groups excluding carboxylic acids is 1. The van der Waals surface area contributed by atoms with Crippen molar-refractivity contribution < 1.29 is 19.0 Å². The summed E-state index contributed by atoms with van der Waals surface area (Å²) in [5, 5.41) is 0. The number of fused-ring (bicyclic) bond motifs is 1. The van der Waals surface area contributed by atoms with Crippen LogP contribution in [0.3, 0.4) is 0 Å². The van der Waals surface area contributed by atoms with E-state index in [2.05, 4.69) is 6.58 Å². The lowest BCUT2D eigenvalue weighted by Crippen LogP contribution is -2.06. The van der Waals surface area contributed by atoms with Crippen LogP contribution in [-0.2, 0) is 17.8 Å². The molecule has 0 aromatic heterocycles. The first-order valence-corrected chi connectivity index (χ1v) is 5.70. The van der Waals surface area contributed by atoms with Crippen LogP contribution in [0.1, 0.15) is 27.0 Å². The summed E-state index contributed by atoms with van der Waals surface area (Å²) in [5.41, 5.74) is 3.13. The first-order chi connectivity index (χ1) is 8.65. The van der Waals surface area contributed by atoms with Gasteiger partial charge in [0.05, 0.1) is 14.2 Å². The Labute approximate surface area is 106 Å². The van der Waals surface area contributed by atoms with Gasteiger partial charge in [-0.2, -0.15) is 0 Å². The van der Waals surface area contributed by atoms with E-state index in [0.29, 0.717) is 17.7 Å². The zero-order valence-corrected chi connectivity index (χ0v) is 10.8. The molecule has 0 unspecified atom stereocenters. The van der Waals surface area contributed by atoms with Crippen LogP contribution in [0, 0.1) is 6.92 Å². The SMILES string of the molecule is C=CCc1c(OC)c(C)c2c(c1OC)C(=O)OC2. The van der Waals surface area contributed by atoms with Crippen LogP contribution in [0.15, 0.2) is 12.7 Å². The van der Waals surface area contributed by atoms with Crippen molar-refractivity contribution >= 4 is 5.97 Å². The fraction of sp³-hybridized carbons (Fsp3) is 0.357. The number of hydrogen-bond acceptors (Lipinski definition) is 4. The molecule has 0 atom stereocenters. The van der Waals surface area contributed by atoms with Crippen molar-refractivity contribution in [1.82, 2.24) is 0 Å². The first kappa shape index (κ1) is 12.5. The molecule has 0 fully saturated rings. The standard InChI is InChI=1S/C14H16O4/c1-5-6-9-12(16-3)8(2)10-7-18-14(15)11(10)13(9)17-4/h5H,1,6-7H2,2-4H3. The number of carbonyl (C=O) groups is 1. The van der Waals surface area contributed by atoms with E-state index in [4.69, 9.17) is 14.2 Å². The molecule has 1 aromatic rings. The van der Waals surface area contributed by atoms with Gasteiger partial charge in [0.1, 0.15) is 23.7 Å². The summed E-state index contributed by atoms with van der Waals surface area (Å²) in [6, 6.07) is 0. The molecule has 4 nitrogen and oxygen atoms in total. The third-order valence-corrected chi connectivity index (χ3v) is 3.18. The molecule has 1 aliphatic rings. The summed E-state index contributed by atoms with van der Waals surface area (Å²) >= 11 is 0. The predicted molar refractivity (Wildman–Crippen MR) is 67.3 cm³/mol. The van der Waals surface area contributed by atoms with E-state index in [1.807, 2.05) is 6.92 Å². The van der Waals surface area contributed by atoms with Gasteiger partial charge in [0.25, 0.3) is 0 Å². The van der Waals surface area contributed by atoms with E-state index in [9.17, 15) is 4.79 Å². The van der Waals surface area contributed by atoms with Crippen molar-refractivity contribution in [3.8, 4) is 11.5 Å². The Kier molecular flexibility index (Phi) is 3.28. The number of cyclic esters (lactones) is 1. The van der Waals surface area contributed by atoms with Gasteiger partial charge in [-0.15, -0.1) is 6.58 Å². The third kappa shape index (κ3) is 1.65. The minimum atomic E-state index is -0.335. The van der Waals surface area contributed by atoms with Gasteiger partial charge in [0.2, 0.25) is 0 Å². The molecule has 1 aliphatic heterocycles. The molecule has 0 aliphatic carbocycles. The molecule has 18 heavy (non-hydrogen) atoms. The highest BCUT2D eigenvalue weighted by molar-refractivity contribution is 5.98. The Morgan fingerprint density at radius 1 is 1.33 bits per heavy atom. The molecule has 0 N–H and O–H groups in total. The van der Waals surface area contributed by atoms with E-state index in [-0.39, 0.29) is 12.6 Å². The zero-order chi connectivity index (χ0) is 13.3. The molecule has 0 radical (unpaired) electrons. The van der Waals surface area contributed by atoms with E-state index in [1.165, 1.54) is 0 Å². The molecule has 0 saturated carbocycles. The van der Waals surface area contributed by atoms with Gasteiger partial charge in [-0.05, 0) is 18.9 Å². The number of rotatable bonds is 4. The summed E-state index contributed by atoms with van der Waals surface area (Å²) < 4.78 is 15.9. The van der Waals surface area contributed by atoms with E-state index in [0.717, 1.165) is 22.4 Å². The van der Waals surface area contributed by atoms with Crippen LogP contribution in [-0.4, -0.2) is 20.2 Å². The summed E-state index contributed by atoms with van der Waals surface area (Å²) in [6.45, 7) is 5.92. The fourth-order valence-corrected chi connectivity index (χ4v) is 2.38. The summed E-state index contributed by atoms with van der Waals surface area (Å²) in [6.07, 6.45) is 2.33. The van der Waals surface area contributed by atoms with Crippen LogP contribution >= 0.6 is 0 Å². The normalized spacial score (nSPS) is 12.9. The van der Waals surface area contributed by atoms with Gasteiger partial charge in [0.15, 0.2) is 0 Å². The average molecular weight is 248 g/mol. The zero-order valence-electron chi connectivity index (χ0n) is 10.8. The minimum absolute atomic E-state index is 0.279. The molecule has 96 valence electrons. The first-order valence-electron chi connectivity index (χ1n) is 5.70. The van der Waals surface area contributed by atoms with Crippen LogP contribution < -0.4 is 9.47 Å². The highest BCUT2D eigenvalue weighted by Crippen LogP contribution is 2.42. The van der Waals surface area contributed by atoms with Crippen molar-refractivity contribution in [3.63, 3.8) is 0 Å². The number of methoxy groups -OCH3 is 2. The minimum Gasteiger partial charge on any atom is -0.496 e. The lowest BCUT2D eigenvalue weighted by molar-refractivity contribution is 0.0532. The Bertz CT molecular complexity index is 517. The molecule has 4 heteroatoms. The average Bonchev–Trinajstić information content (AvgIpc) is 2.74. The molecule has 0 bridgehead atoms. The van der Waals surface area contributed by atoms with Crippen molar-refractivity contribution in [2.45, 2.75) is 20.0 Å². The number of hydrogen-bond donors (Lipinski definition) is 0. The largest absolute Gasteiger partial charge is 0.496 e. The predicted octanol–water partition coefficient (Wildman–Crippen LogP) is 2.41. The van der Waals surface area contributed by atoms with Crippen molar-refractivity contribution in [2.24, 2.45) is 0 Å². The molecular weight excluding hydrogens is 232 g/mol. The second-order valence-corrected chi connectivity index (χ2v) is 4.09. The fourth-order valence-electron chi connectivity index (χ4n) is 2.38. The van der Waals surface area contributed by atoms with Crippen molar-refractivity contribution in [3.05, 3.63) is 34.9 Å². The van der Waals surface area contributed by atoms with Gasteiger partial charge in [-0.3, -0.25) is 0 Å². The monoisotopic (exact) mass is 248 g/mol. The second-order valence-electron chi connectivity index (χ2n) is 4.09. The second kappa shape index (κ2) is 4.72. The van der Waals surface area contributed by atoms with Gasteiger partial charge in [-0.25, -0.2) is 4.79 Å². The summed E-state index contributed by atoms with van der Waals surface area (Å²) in [4.78, 5) is 11.8. The van der Waals surface area contributed by atoms with E-state index >= 15 is 0 Å². The van der Waals surface area contributed by atoms with Gasteiger partial charge < -0.3 is 14.2 Å². The lowest BCUT2D eigenvalue weighted by Gasteiger charge is -2.17. The maximum atomic E-state index is 11.8.